The minimum Gasteiger partial charge on any atom is -0.365 e. The average Bonchev–Trinajstić information content (AvgIpc) is 2.84. The Morgan fingerprint density at radius 3 is 2.41 bits per heavy atom. The first-order chi connectivity index (χ1) is 10.6. The summed E-state index contributed by atoms with van der Waals surface area (Å²) in [4.78, 5) is 29.6. The molecule has 7 heteroatoms. The van der Waals surface area contributed by atoms with E-state index < -0.39 is 11.9 Å². The largest absolute Gasteiger partial charge is 0.365 e. The van der Waals surface area contributed by atoms with Crippen molar-refractivity contribution in [1.29, 1.82) is 0 Å². The van der Waals surface area contributed by atoms with Crippen molar-refractivity contribution in [3.05, 3.63) is 48.3 Å². The van der Waals surface area contributed by atoms with E-state index in [0.29, 0.717) is 10.9 Å². The molecule has 2 heterocycles. The summed E-state index contributed by atoms with van der Waals surface area (Å²) in [5, 5.41) is 3.00. The zero-order valence-electron chi connectivity index (χ0n) is 11.5. The van der Waals surface area contributed by atoms with Crippen LogP contribution in [0.15, 0.2) is 42.7 Å². The van der Waals surface area contributed by atoms with Gasteiger partial charge in [0.05, 0.1) is 5.56 Å². The lowest BCUT2D eigenvalue weighted by molar-refractivity contribution is 0.100. The number of anilines is 1. The van der Waals surface area contributed by atoms with Gasteiger partial charge in [-0.15, -0.1) is 0 Å². The lowest BCUT2D eigenvalue weighted by Crippen LogP contribution is -2.22. The second-order valence-electron chi connectivity index (χ2n) is 4.72. The van der Waals surface area contributed by atoms with Gasteiger partial charge in [-0.25, -0.2) is 4.79 Å². The topological polar surface area (TPSA) is 127 Å². The van der Waals surface area contributed by atoms with Crippen LogP contribution in [0.5, 0.6) is 0 Å². The molecule has 7 nitrogen and oxygen atoms in total. The Morgan fingerprint density at radius 1 is 1.05 bits per heavy atom. The number of nitrogens with two attached hydrogens (primary N) is 2. The van der Waals surface area contributed by atoms with Crippen LogP contribution in [0.3, 0.4) is 0 Å². The van der Waals surface area contributed by atoms with Crippen LogP contribution in [0.25, 0.3) is 22.0 Å². The number of carbonyl (C=O) groups excluding carboxylic acids is 2. The van der Waals surface area contributed by atoms with Crippen molar-refractivity contribution in [3.63, 3.8) is 0 Å². The molecule has 22 heavy (non-hydrogen) atoms. The van der Waals surface area contributed by atoms with Crippen LogP contribution in [-0.2, 0) is 0 Å². The summed E-state index contributed by atoms with van der Waals surface area (Å²) in [6.45, 7) is 0. The maximum absolute atomic E-state index is 11.6. The highest BCUT2D eigenvalue weighted by Crippen LogP contribution is 2.30. The number of carbonyl (C=O) groups is 2. The molecule has 0 aliphatic carbocycles. The van der Waals surface area contributed by atoms with Gasteiger partial charge in [-0.2, -0.15) is 0 Å². The van der Waals surface area contributed by atoms with Gasteiger partial charge in [0.1, 0.15) is 5.82 Å². The zero-order chi connectivity index (χ0) is 15.7. The molecule has 0 bridgehead atoms. The first kappa shape index (κ1) is 13.6. The van der Waals surface area contributed by atoms with E-state index in [0.717, 1.165) is 11.1 Å². The fraction of sp³-hybridized carbons (Fsp3) is 0. The number of hydrogen-bond acceptors (Lipinski definition) is 3. The van der Waals surface area contributed by atoms with E-state index in [1.807, 2.05) is 24.3 Å². The van der Waals surface area contributed by atoms with E-state index >= 15 is 0 Å². The highest BCUT2D eigenvalue weighted by Gasteiger charge is 2.17. The van der Waals surface area contributed by atoms with E-state index in [1.165, 1.54) is 0 Å². The highest BCUT2D eigenvalue weighted by molar-refractivity contribution is 6.13. The van der Waals surface area contributed by atoms with Crippen molar-refractivity contribution in [2.45, 2.75) is 0 Å². The van der Waals surface area contributed by atoms with Crippen molar-refractivity contribution in [2.24, 2.45) is 11.5 Å². The molecule has 110 valence electrons. The summed E-state index contributed by atoms with van der Waals surface area (Å²) in [6.07, 6.45) is 3.40. The Morgan fingerprint density at radius 2 is 1.77 bits per heavy atom. The fourth-order valence-electron chi connectivity index (χ4n) is 2.39. The predicted octanol–water partition coefficient (Wildman–Crippen LogP) is 1.82. The molecule has 0 unspecified atom stereocenters. The zero-order valence-corrected chi connectivity index (χ0v) is 11.5. The Bertz CT molecular complexity index is 870. The first-order valence-corrected chi connectivity index (χ1v) is 6.48. The average molecular weight is 295 g/mol. The molecular formula is C15H13N5O2. The second kappa shape index (κ2) is 5.21. The van der Waals surface area contributed by atoms with Crippen molar-refractivity contribution in [3.8, 4) is 11.1 Å². The van der Waals surface area contributed by atoms with Gasteiger partial charge in [-0.1, -0.05) is 12.1 Å². The minimum atomic E-state index is -0.775. The Labute approximate surface area is 125 Å². The molecule has 0 atom stereocenters. The van der Waals surface area contributed by atoms with E-state index in [2.05, 4.69) is 15.3 Å². The number of aromatic nitrogens is 2. The molecule has 3 aromatic rings. The van der Waals surface area contributed by atoms with Crippen LogP contribution in [-0.4, -0.2) is 21.9 Å². The number of aromatic amines is 1. The molecule has 0 saturated carbocycles. The summed E-state index contributed by atoms with van der Waals surface area (Å²) in [5.74, 6) is -0.450. The van der Waals surface area contributed by atoms with E-state index in [9.17, 15) is 9.59 Å². The molecule has 2 aromatic heterocycles. The maximum atomic E-state index is 11.6. The number of urea groups is 1. The maximum Gasteiger partial charge on any atom is 0.317 e. The van der Waals surface area contributed by atoms with Crippen LogP contribution in [0.2, 0.25) is 0 Å². The molecule has 6 N–H and O–H groups in total. The summed E-state index contributed by atoms with van der Waals surface area (Å²) in [5.41, 5.74) is 13.3. The lowest BCUT2D eigenvalue weighted by Gasteiger charge is -2.01. The van der Waals surface area contributed by atoms with Gasteiger partial charge in [-0.05, 0) is 29.3 Å². The molecule has 0 fully saturated rings. The third-order valence-corrected chi connectivity index (χ3v) is 3.31. The number of H-pyrrole nitrogens is 1. The molecule has 0 aliphatic rings. The van der Waals surface area contributed by atoms with Gasteiger partial charge in [0.25, 0.3) is 5.91 Å². The van der Waals surface area contributed by atoms with Crippen LogP contribution in [0.1, 0.15) is 10.4 Å². The SMILES string of the molecule is NC(=O)Nc1[nH]c2cc(-c3ccncc3)ccc2c1C(N)=O. The van der Waals surface area contributed by atoms with Crippen LogP contribution in [0.4, 0.5) is 10.6 Å². The quantitative estimate of drug-likeness (QED) is 0.588. The minimum absolute atomic E-state index is 0.196. The molecule has 3 amide bonds. The number of primary amides is 2. The summed E-state index contributed by atoms with van der Waals surface area (Å²) < 4.78 is 0. The van der Waals surface area contributed by atoms with Crippen LogP contribution >= 0.6 is 0 Å². The number of benzene rings is 1. The van der Waals surface area contributed by atoms with Crippen molar-refractivity contribution >= 4 is 28.7 Å². The standard InChI is InChI=1S/C15H13N5O2/c16-13(21)12-10-2-1-9(8-3-5-18-6-4-8)7-11(10)19-14(12)20-15(17)22/h1-7,19H,(H2,16,21)(H3,17,20,22). The normalized spacial score (nSPS) is 10.5. The summed E-state index contributed by atoms with van der Waals surface area (Å²) in [7, 11) is 0. The van der Waals surface area contributed by atoms with Gasteiger partial charge >= 0.3 is 6.03 Å². The number of rotatable bonds is 3. The molecule has 1 aromatic carbocycles. The molecular weight excluding hydrogens is 282 g/mol. The number of nitrogens with zero attached hydrogens (tertiary/aromatic N) is 1. The molecule has 0 saturated heterocycles. The number of pyridine rings is 1. The molecule has 0 aliphatic heterocycles. The van der Waals surface area contributed by atoms with Crippen LogP contribution < -0.4 is 16.8 Å². The Balaban J connectivity index is 2.17. The van der Waals surface area contributed by atoms with Crippen molar-refractivity contribution < 1.29 is 9.59 Å². The summed E-state index contributed by atoms with van der Waals surface area (Å²) in [6, 6.07) is 8.48. The summed E-state index contributed by atoms with van der Waals surface area (Å²) >= 11 is 0. The molecule has 0 radical (unpaired) electrons. The fourth-order valence-corrected chi connectivity index (χ4v) is 2.39. The van der Waals surface area contributed by atoms with E-state index in [1.54, 1.807) is 18.5 Å². The number of nitrogens with one attached hydrogen (secondary N) is 2. The molecule has 0 spiro atoms. The number of hydrogen-bond donors (Lipinski definition) is 4. The number of fused-ring (bicyclic) bond motifs is 1. The van der Waals surface area contributed by atoms with Crippen LogP contribution in [0, 0.1) is 0 Å². The number of amides is 3. The first-order valence-electron chi connectivity index (χ1n) is 6.48. The Kier molecular flexibility index (Phi) is 3.23. The third-order valence-electron chi connectivity index (χ3n) is 3.31. The van der Waals surface area contributed by atoms with Gasteiger partial charge in [0.15, 0.2) is 0 Å². The van der Waals surface area contributed by atoms with E-state index in [4.69, 9.17) is 11.5 Å². The van der Waals surface area contributed by atoms with Gasteiger partial charge in [-0.3, -0.25) is 15.1 Å². The van der Waals surface area contributed by atoms with Gasteiger partial charge in [0, 0.05) is 23.3 Å². The lowest BCUT2D eigenvalue weighted by atomic mass is 10.0. The van der Waals surface area contributed by atoms with Crippen molar-refractivity contribution in [2.75, 3.05) is 5.32 Å². The third kappa shape index (κ3) is 2.35. The second-order valence-corrected chi connectivity index (χ2v) is 4.72. The monoisotopic (exact) mass is 295 g/mol. The van der Waals surface area contributed by atoms with E-state index in [-0.39, 0.29) is 11.4 Å². The Hall–Kier alpha value is -3.35. The predicted molar refractivity (Wildman–Crippen MR) is 83.3 cm³/mol. The highest BCUT2D eigenvalue weighted by atomic mass is 16.2. The van der Waals surface area contributed by atoms with Gasteiger partial charge in [0.2, 0.25) is 0 Å². The van der Waals surface area contributed by atoms with Crippen molar-refractivity contribution in [1.82, 2.24) is 9.97 Å². The van der Waals surface area contributed by atoms with Gasteiger partial charge < -0.3 is 16.5 Å². The smallest absolute Gasteiger partial charge is 0.317 e. The molecule has 3 rings (SSSR count).